The third-order valence-electron chi connectivity index (χ3n) is 12.7. The van der Waals surface area contributed by atoms with Gasteiger partial charge in [-0.1, -0.05) is 188 Å². The number of hydrogen-bond donors (Lipinski definition) is 0. The molecule has 0 saturated heterocycles. The van der Waals surface area contributed by atoms with Crippen molar-refractivity contribution in [2.24, 2.45) is 0 Å². The van der Waals surface area contributed by atoms with Crippen LogP contribution in [0.4, 0.5) is 17.1 Å². The molecule has 1 aromatic heterocycles. The lowest BCUT2D eigenvalue weighted by atomic mass is 9.67. The number of para-hydroxylation sites is 1. The lowest BCUT2D eigenvalue weighted by Crippen LogP contribution is -2.28. The monoisotopic (exact) mass is 777 g/mol. The summed E-state index contributed by atoms with van der Waals surface area (Å²) in [6.45, 7) is 0. The zero-order chi connectivity index (χ0) is 40.3. The Kier molecular flexibility index (Phi) is 8.11. The Bertz CT molecular complexity index is 3370. The van der Waals surface area contributed by atoms with Crippen LogP contribution in [-0.2, 0) is 5.41 Å². The summed E-state index contributed by atoms with van der Waals surface area (Å²) in [6.07, 6.45) is 0. The summed E-state index contributed by atoms with van der Waals surface area (Å²) in [5, 5.41) is 4.69. The van der Waals surface area contributed by atoms with E-state index >= 15 is 0 Å². The predicted octanol–water partition coefficient (Wildman–Crippen LogP) is 15.9. The molecular weight excluding hydrogens is 739 g/mol. The van der Waals surface area contributed by atoms with Crippen molar-refractivity contribution in [3.8, 4) is 33.4 Å². The van der Waals surface area contributed by atoms with Crippen molar-refractivity contribution in [3.05, 3.63) is 259 Å². The molecule has 10 aromatic carbocycles. The van der Waals surface area contributed by atoms with E-state index in [0.29, 0.717) is 0 Å². The SMILES string of the molecule is c1ccc(C2(c3ccccc3)c3ccccc3-c3ccc(N(c4ccc(-c5cccc(-c6cccc7ccccc67)c5)cc4)c4cccc5oc6ccccc6c45)cc32)cc1. The summed E-state index contributed by atoms with van der Waals surface area (Å²) in [4.78, 5) is 2.42. The summed E-state index contributed by atoms with van der Waals surface area (Å²) in [6, 6.07) is 86.0. The molecule has 0 aliphatic heterocycles. The van der Waals surface area contributed by atoms with E-state index in [1.165, 1.54) is 60.8 Å². The van der Waals surface area contributed by atoms with E-state index in [9.17, 15) is 0 Å². The van der Waals surface area contributed by atoms with Crippen molar-refractivity contribution in [2.45, 2.75) is 5.41 Å². The molecule has 0 bridgehead atoms. The Morgan fingerprint density at radius 2 is 0.934 bits per heavy atom. The molecule has 11 aromatic rings. The Morgan fingerprint density at radius 1 is 0.344 bits per heavy atom. The third-order valence-corrected chi connectivity index (χ3v) is 12.7. The zero-order valence-electron chi connectivity index (χ0n) is 33.4. The van der Waals surface area contributed by atoms with Crippen LogP contribution >= 0.6 is 0 Å². The average molecular weight is 778 g/mol. The number of anilines is 3. The smallest absolute Gasteiger partial charge is 0.137 e. The largest absolute Gasteiger partial charge is 0.456 e. The van der Waals surface area contributed by atoms with Gasteiger partial charge in [-0.25, -0.2) is 0 Å². The average Bonchev–Trinajstić information content (AvgIpc) is 3.87. The van der Waals surface area contributed by atoms with Gasteiger partial charge in [0.2, 0.25) is 0 Å². The van der Waals surface area contributed by atoms with Crippen molar-refractivity contribution >= 4 is 49.8 Å². The number of benzene rings is 10. The zero-order valence-corrected chi connectivity index (χ0v) is 33.4. The minimum Gasteiger partial charge on any atom is -0.456 e. The highest BCUT2D eigenvalue weighted by Crippen LogP contribution is 2.57. The van der Waals surface area contributed by atoms with E-state index in [4.69, 9.17) is 4.42 Å². The van der Waals surface area contributed by atoms with Crippen LogP contribution in [0.2, 0.25) is 0 Å². The Labute approximate surface area is 355 Å². The van der Waals surface area contributed by atoms with Crippen molar-refractivity contribution < 1.29 is 4.42 Å². The fourth-order valence-corrected chi connectivity index (χ4v) is 10.1. The molecule has 1 aliphatic rings. The molecule has 0 N–H and O–H groups in total. The second-order valence-electron chi connectivity index (χ2n) is 16.0. The topological polar surface area (TPSA) is 16.4 Å². The maximum atomic E-state index is 6.50. The second-order valence-corrected chi connectivity index (χ2v) is 16.0. The molecule has 1 aliphatic carbocycles. The molecule has 0 atom stereocenters. The molecule has 12 rings (SSSR count). The highest BCUT2D eigenvalue weighted by Gasteiger charge is 2.46. The number of rotatable bonds is 7. The van der Waals surface area contributed by atoms with E-state index in [1.54, 1.807) is 0 Å². The molecule has 0 saturated carbocycles. The molecule has 0 fully saturated rings. The van der Waals surface area contributed by atoms with Gasteiger partial charge in [-0.15, -0.1) is 0 Å². The van der Waals surface area contributed by atoms with E-state index in [0.717, 1.165) is 44.6 Å². The van der Waals surface area contributed by atoms with Gasteiger partial charge in [-0.2, -0.15) is 0 Å². The molecule has 2 heteroatoms. The first kappa shape index (κ1) is 35.0. The van der Waals surface area contributed by atoms with E-state index in [1.807, 2.05) is 6.07 Å². The maximum Gasteiger partial charge on any atom is 0.137 e. The fraction of sp³-hybridized carbons (Fsp3) is 0.0169. The Morgan fingerprint density at radius 3 is 1.75 bits per heavy atom. The van der Waals surface area contributed by atoms with Crippen LogP contribution in [0.5, 0.6) is 0 Å². The Balaban J connectivity index is 1.06. The summed E-state index contributed by atoms with van der Waals surface area (Å²) in [5.74, 6) is 0. The van der Waals surface area contributed by atoms with Gasteiger partial charge in [0.05, 0.1) is 16.5 Å². The lowest BCUT2D eigenvalue weighted by Gasteiger charge is -2.35. The first-order valence-corrected chi connectivity index (χ1v) is 21.0. The summed E-state index contributed by atoms with van der Waals surface area (Å²) < 4.78 is 6.50. The molecule has 0 unspecified atom stereocenters. The van der Waals surface area contributed by atoms with Gasteiger partial charge < -0.3 is 9.32 Å². The first-order chi connectivity index (χ1) is 30.3. The third kappa shape index (κ3) is 5.50. The van der Waals surface area contributed by atoms with E-state index in [-0.39, 0.29) is 0 Å². The molecule has 0 radical (unpaired) electrons. The van der Waals surface area contributed by atoms with Crippen molar-refractivity contribution in [1.82, 2.24) is 0 Å². The number of fused-ring (bicyclic) bond motifs is 7. The summed E-state index contributed by atoms with van der Waals surface area (Å²) in [5.41, 5.74) is 16.8. The standard InChI is InChI=1S/C59H39NO/c1-3-20-44(21-4-1)59(45-22-5-2-6-23-45)53-28-11-9-25-50(53)51-37-36-47(39-54(51)59)60(55-29-15-31-57-58(55)52-26-10-12-30-56(52)61-57)46-34-32-40(33-35-46)42-18-13-19-43(38-42)49-27-14-17-41-16-7-8-24-48(41)49/h1-39H. The van der Waals surface area contributed by atoms with Crippen LogP contribution in [0.1, 0.15) is 22.3 Å². The van der Waals surface area contributed by atoms with Crippen LogP contribution in [0, 0.1) is 0 Å². The maximum absolute atomic E-state index is 6.50. The molecule has 2 nitrogen and oxygen atoms in total. The first-order valence-electron chi connectivity index (χ1n) is 21.0. The number of nitrogens with zero attached hydrogens (tertiary/aromatic N) is 1. The van der Waals surface area contributed by atoms with Crippen LogP contribution in [-0.4, -0.2) is 0 Å². The number of hydrogen-bond acceptors (Lipinski definition) is 2. The molecule has 0 amide bonds. The van der Waals surface area contributed by atoms with Gasteiger partial charge in [0.15, 0.2) is 0 Å². The highest BCUT2D eigenvalue weighted by atomic mass is 16.3. The van der Waals surface area contributed by atoms with Crippen LogP contribution in [0.15, 0.2) is 241 Å². The van der Waals surface area contributed by atoms with Crippen molar-refractivity contribution in [3.63, 3.8) is 0 Å². The van der Waals surface area contributed by atoms with Crippen LogP contribution in [0.25, 0.3) is 66.1 Å². The van der Waals surface area contributed by atoms with Gasteiger partial charge in [-0.05, 0) is 115 Å². The van der Waals surface area contributed by atoms with Crippen molar-refractivity contribution in [2.75, 3.05) is 4.90 Å². The number of furan rings is 1. The fourth-order valence-electron chi connectivity index (χ4n) is 10.1. The van der Waals surface area contributed by atoms with Gasteiger partial charge >= 0.3 is 0 Å². The van der Waals surface area contributed by atoms with E-state index < -0.39 is 5.41 Å². The predicted molar refractivity (Wildman–Crippen MR) is 254 cm³/mol. The van der Waals surface area contributed by atoms with Crippen molar-refractivity contribution in [1.29, 1.82) is 0 Å². The normalized spacial score (nSPS) is 12.7. The molecule has 61 heavy (non-hydrogen) atoms. The van der Waals surface area contributed by atoms with Gasteiger partial charge in [0.1, 0.15) is 11.2 Å². The summed E-state index contributed by atoms with van der Waals surface area (Å²) in [7, 11) is 0. The van der Waals surface area contributed by atoms with Crippen LogP contribution in [0.3, 0.4) is 0 Å². The van der Waals surface area contributed by atoms with E-state index in [2.05, 4.69) is 235 Å². The van der Waals surface area contributed by atoms with Crippen LogP contribution < -0.4 is 4.90 Å². The summed E-state index contributed by atoms with van der Waals surface area (Å²) >= 11 is 0. The minimum atomic E-state index is -0.524. The highest BCUT2D eigenvalue weighted by molar-refractivity contribution is 6.13. The Hall–Kier alpha value is -7.94. The molecular formula is C59H39NO. The molecule has 1 heterocycles. The molecule has 0 spiro atoms. The lowest BCUT2D eigenvalue weighted by molar-refractivity contribution is 0.669. The molecule has 286 valence electrons. The van der Waals surface area contributed by atoms with Gasteiger partial charge in [0, 0.05) is 16.8 Å². The van der Waals surface area contributed by atoms with Gasteiger partial charge in [0.25, 0.3) is 0 Å². The minimum absolute atomic E-state index is 0.524. The quantitative estimate of drug-likeness (QED) is 0.160. The second kappa shape index (κ2) is 14.1. The van der Waals surface area contributed by atoms with Gasteiger partial charge in [-0.3, -0.25) is 0 Å².